The molecule has 0 radical (unpaired) electrons. The van der Waals surface area contributed by atoms with Crippen molar-refractivity contribution in [3.8, 4) is 5.75 Å². The van der Waals surface area contributed by atoms with Gasteiger partial charge in [-0.25, -0.2) is 0 Å². The third-order valence-corrected chi connectivity index (χ3v) is 2.18. The van der Waals surface area contributed by atoms with Crippen molar-refractivity contribution in [3.05, 3.63) is 29.3 Å². The highest BCUT2D eigenvalue weighted by atomic mass is 19.4. The lowest BCUT2D eigenvalue weighted by atomic mass is 10.1. The number of amides is 1. The molecular formula is C11H12F3NO2. The summed E-state index contributed by atoms with van der Waals surface area (Å²) in [6, 6.07) is 4.50. The summed E-state index contributed by atoms with van der Waals surface area (Å²) in [7, 11) is 0. The molecule has 6 heteroatoms. The third-order valence-electron chi connectivity index (χ3n) is 2.18. The van der Waals surface area contributed by atoms with Crippen LogP contribution in [-0.4, -0.2) is 23.7 Å². The fourth-order valence-electron chi connectivity index (χ4n) is 1.26. The molecule has 0 bridgehead atoms. The maximum Gasteiger partial charge on any atom is 0.390 e. The number of nitrogens with one attached hydrogen (secondary N) is 1. The van der Waals surface area contributed by atoms with Gasteiger partial charge in [0.2, 0.25) is 0 Å². The monoisotopic (exact) mass is 247 g/mol. The van der Waals surface area contributed by atoms with Gasteiger partial charge in [-0.15, -0.1) is 0 Å². The molecule has 1 aromatic carbocycles. The summed E-state index contributed by atoms with van der Waals surface area (Å²) in [6.45, 7) is 1.09. The second-order valence-electron chi connectivity index (χ2n) is 3.59. The van der Waals surface area contributed by atoms with E-state index in [0.717, 1.165) is 0 Å². The minimum Gasteiger partial charge on any atom is -0.507 e. The molecule has 0 aliphatic heterocycles. The first-order valence-corrected chi connectivity index (χ1v) is 4.95. The van der Waals surface area contributed by atoms with E-state index >= 15 is 0 Å². The first kappa shape index (κ1) is 13.3. The Morgan fingerprint density at radius 2 is 2.06 bits per heavy atom. The molecule has 1 amide bonds. The van der Waals surface area contributed by atoms with Crippen molar-refractivity contribution in [2.24, 2.45) is 0 Å². The van der Waals surface area contributed by atoms with Crippen LogP contribution in [0.5, 0.6) is 5.75 Å². The van der Waals surface area contributed by atoms with Gasteiger partial charge >= 0.3 is 6.18 Å². The number of carbonyl (C=O) groups excluding carboxylic acids is 1. The van der Waals surface area contributed by atoms with Crippen molar-refractivity contribution in [2.75, 3.05) is 6.54 Å². The summed E-state index contributed by atoms with van der Waals surface area (Å²) >= 11 is 0. The molecule has 3 nitrogen and oxygen atoms in total. The Hall–Kier alpha value is -1.72. The standard InChI is InChI=1S/C11H12F3NO2/c1-7-3-2-4-8(9(7)16)10(17)15-6-5-11(12,13)14/h2-4,16H,5-6H2,1H3,(H,15,17). The van der Waals surface area contributed by atoms with Crippen molar-refractivity contribution < 1.29 is 23.1 Å². The Bertz CT molecular complexity index is 416. The van der Waals surface area contributed by atoms with E-state index in [0.29, 0.717) is 5.56 Å². The topological polar surface area (TPSA) is 49.3 Å². The number of phenolic OH excluding ortho intramolecular Hbond substituents is 1. The van der Waals surface area contributed by atoms with E-state index < -0.39 is 25.0 Å². The van der Waals surface area contributed by atoms with Crippen LogP contribution < -0.4 is 5.32 Å². The summed E-state index contributed by atoms with van der Waals surface area (Å²) in [5.74, 6) is -0.924. The van der Waals surface area contributed by atoms with Gasteiger partial charge in [0.05, 0.1) is 12.0 Å². The van der Waals surface area contributed by atoms with E-state index in [1.165, 1.54) is 6.07 Å². The Balaban J connectivity index is 2.62. The molecule has 2 N–H and O–H groups in total. The number of hydrogen-bond acceptors (Lipinski definition) is 2. The summed E-state index contributed by atoms with van der Waals surface area (Å²) in [6.07, 6.45) is -5.40. The van der Waals surface area contributed by atoms with Crippen LogP contribution >= 0.6 is 0 Å². The Morgan fingerprint density at radius 1 is 1.41 bits per heavy atom. The van der Waals surface area contributed by atoms with Gasteiger partial charge in [0.1, 0.15) is 5.75 Å². The van der Waals surface area contributed by atoms with Gasteiger partial charge in [0, 0.05) is 6.54 Å². The van der Waals surface area contributed by atoms with Crippen molar-refractivity contribution in [3.63, 3.8) is 0 Å². The summed E-state index contributed by atoms with van der Waals surface area (Å²) < 4.78 is 35.6. The highest BCUT2D eigenvalue weighted by Gasteiger charge is 2.26. The van der Waals surface area contributed by atoms with Crippen LogP contribution in [0, 0.1) is 6.92 Å². The first-order valence-electron chi connectivity index (χ1n) is 4.95. The summed E-state index contributed by atoms with van der Waals surface area (Å²) in [5.41, 5.74) is 0.473. The first-order chi connectivity index (χ1) is 7.81. The summed E-state index contributed by atoms with van der Waals surface area (Å²) in [4.78, 5) is 11.5. The number of rotatable bonds is 3. The second kappa shape index (κ2) is 5.07. The SMILES string of the molecule is Cc1cccc(C(=O)NCCC(F)(F)F)c1O. The fraction of sp³-hybridized carbons (Fsp3) is 0.364. The van der Waals surface area contributed by atoms with Crippen LogP contribution in [0.1, 0.15) is 22.3 Å². The molecule has 1 aromatic rings. The van der Waals surface area contributed by atoms with Gasteiger partial charge in [0.15, 0.2) is 0 Å². The minimum absolute atomic E-state index is 0.0211. The predicted molar refractivity (Wildman–Crippen MR) is 55.8 cm³/mol. The maximum atomic E-state index is 11.9. The maximum absolute atomic E-state index is 11.9. The number of alkyl halides is 3. The second-order valence-corrected chi connectivity index (χ2v) is 3.59. The lowest BCUT2D eigenvalue weighted by molar-refractivity contribution is -0.132. The van der Waals surface area contributed by atoms with Crippen molar-refractivity contribution >= 4 is 5.91 Å². The largest absolute Gasteiger partial charge is 0.507 e. The molecule has 0 atom stereocenters. The number of aryl methyl sites for hydroxylation is 1. The number of hydrogen-bond donors (Lipinski definition) is 2. The third kappa shape index (κ3) is 3.97. The van der Waals surface area contributed by atoms with Crippen molar-refractivity contribution in [2.45, 2.75) is 19.5 Å². The van der Waals surface area contributed by atoms with Gasteiger partial charge in [-0.1, -0.05) is 12.1 Å². The lowest BCUT2D eigenvalue weighted by Gasteiger charge is -2.09. The average Bonchev–Trinajstić information content (AvgIpc) is 2.20. The van der Waals surface area contributed by atoms with Crippen LogP contribution in [-0.2, 0) is 0 Å². The average molecular weight is 247 g/mol. The molecule has 0 saturated heterocycles. The highest BCUT2D eigenvalue weighted by molar-refractivity contribution is 5.97. The molecule has 0 aromatic heterocycles. The molecule has 17 heavy (non-hydrogen) atoms. The van der Waals surface area contributed by atoms with E-state index in [4.69, 9.17) is 0 Å². The van der Waals surface area contributed by atoms with Crippen molar-refractivity contribution in [1.82, 2.24) is 5.32 Å². The van der Waals surface area contributed by atoms with E-state index in [2.05, 4.69) is 5.32 Å². The predicted octanol–water partition coefficient (Wildman–Crippen LogP) is 2.38. The molecule has 0 aliphatic rings. The number of halogens is 3. The van der Waals surface area contributed by atoms with Crippen LogP contribution in [0.15, 0.2) is 18.2 Å². The molecule has 1 rings (SSSR count). The minimum atomic E-state index is -4.30. The smallest absolute Gasteiger partial charge is 0.390 e. The van der Waals surface area contributed by atoms with E-state index in [9.17, 15) is 23.1 Å². The zero-order valence-electron chi connectivity index (χ0n) is 9.14. The molecular weight excluding hydrogens is 235 g/mol. The Labute approximate surface area is 96.3 Å². The zero-order valence-corrected chi connectivity index (χ0v) is 9.14. The van der Waals surface area contributed by atoms with Crippen LogP contribution in [0.3, 0.4) is 0 Å². The van der Waals surface area contributed by atoms with Gasteiger partial charge in [-0.3, -0.25) is 4.79 Å². The van der Waals surface area contributed by atoms with Crippen molar-refractivity contribution in [1.29, 1.82) is 0 Å². The van der Waals surface area contributed by atoms with Gasteiger partial charge in [0.25, 0.3) is 5.91 Å². The summed E-state index contributed by atoms with van der Waals surface area (Å²) in [5, 5.41) is 11.6. The quantitative estimate of drug-likeness (QED) is 0.861. The Morgan fingerprint density at radius 3 is 2.65 bits per heavy atom. The number of para-hydroxylation sites is 1. The van der Waals surface area contributed by atoms with Gasteiger partial charge in [-0.2, -0.15) is 13.2 Å². The van der Waals surface area contributed by atoms with Crippen LogP contribution in [0.4, 0.5) is 13.2 Å². The number of aromatic hydroxyl groups is 1. The molecule has 0 aliphatic carbocycles. The fourth-order valence-corrected chi connectivity index (χ4v) is 1.26. The molecule has 0 heterocycles. The van der Waals surface area contributed by atoms with Gasteiger partial charge < -0.3 is 10.4 Å². The van der Waals surface area contributed by atoms with Crippen LogP contribution in [0.25, 0.3) is 0 Å². The van der Waals surface area contributed by atoms with Crippen LogP contribution in [0.2, 0.25) is 0 Å². The Kier molecular flexibility index (Phi) is 3.98. The molecule has 94 valence electrons. The number of phenols is 1. The zero-order chi connectivity index (χ0) is 13.1. The normalized spacial score (nSPS) is 11.3. The molecule has 0 unspecified atom stereocenters. The number of carbonyl (C=O) groups is 1. The molecule has 0 spiro atoms. The highest BCUT2D eigenvalue weighted by Crippen LogP contribution is 2.22. The lowest BCUT2D eigenvalue weighted by Crippen LogP contribution is -2.28. The van der Waals surface area contributed by atoms with E-state index in [-0.39, 0.29) is 11.3 Å². The van der Waals surface area contributed by atoms with E-state index in [1.807, 2.05) is 0 Å². The van der Waals surface area contributed by atoms with E-state index in [1.54, 1.807) is 19.1 Å². The molecule has 0 saturated carbocycles. The molecule has 0 fully saturated rings. The number of benzene rings is 1. The van der Waals surface area contributed by atoms with Gasteiger partial charge in [-0.05, 0) is 18.6 Å².